The summed E-state index contributed by atoms with van der Waals surface area (Å²) in [6, 6.07) is 8.03. The number of aromatic carboxylic acids is 1. The van der Waals surface area contributed by atoms with Crippen LogP contribution in [0.2, 0.25) is 5.02 Å². The third-order valence-electron chi connectivity index (χ3n) is 4.09. The molecule has 144 valence electrons. The number of phenolic OH excluding ortho intramolecular Hbond substituents is 1. The summed E-state index contributed by atoms with van der Waals surface area (Å²) in [6.07, 6.45) is 1.66. The number of nitrogens with zero attached hydrogens (tertiary/aromatic N) is 2. The molecular formula is C19H14BrClN2O4S. The smallest absolute Gasteiger partial charge is 0.336 e. The second-order valence-corrected chi connectivity index (χ2v) is 8.23. The highest BCUT2D eigenvalue weighted by Crippen LogP contribution is 2.37. The first-order valence-electron chi connectivity index (χ1n) is 7.96. The quantitative estimate of drug-likeness (QED) is 0.599. The molecule has 0 unspecified atom stereocenters. The van der Waals surface area contributed by atoms with Gasteiger partial charge in [-0.1, -0.05) is 17.7 Å². The van der Waals surface area contributed by atoms with Gasteiger partial charge in [0.15, 0.2) is 5.17 Å². The second-order valence-electron chi connectivity index (χ2n) is 5.96. The first-order valence-corrected chi connectivity index (χ1v) is 9.95. The van der Waals surface area contributed by atoms with Gasteiger partial charge in [-0.05, 0) is 76.1 Å². The number of thioether (sulfide) groups is 1. The Morgan fingerprint density at radius 2 is 2.07 bits per heavy atom. The molecule has 2 aromatic carbocycles. The number of amidine groups is 1. The maximum Gasteiger partial charge on any atom is 0.336 e. The zero-order valence-electron chi connectivity index (χ0n) is 14.7. The van der Waals surface area contributed by atoms with Crippen molar-refractivity contribution in [1.29, 1.82) is 0 Å². The Bertz CT molecular complexity index is 1040. The monoisotopic (exact) mass is 480 g/mol. The molecular weight excluding hydrogens is 468 g/mol. The van der Waals surface area contributed by atoms with Crippen LogP contribution in [0.15, 0.2) is 44.7 Å². The minimum absolute atomic E-state index is 0.0672. The Morgan fingerprint density at radius 1 is 1.36 bits per heavy atom. The standard InChI is InChI=1S/C19H14BrClN2O4S/c1-9-11(18(26)27)4-3-5-14(9)22-19-23(2)17(25)15(28-19)8-10-6-12(20)16(24)13(21)7-10/h3-8,24H,1-2H3,(H,26,27)/b15-8-,22-19?. The Labute approximate surface area is 178 Å². The fraction of sp³-hybridized carbons (Fsp3) is 0.105. The van der Waals surface area contributed by atoms with Gasteiger partial charge in [-0.3, -0.25) is 9.69 Å². The van der Waals surface area contributed by atoms with Gasteiger partial charge in [-0.25, -0.2) is 9.79 Å². The number of phenols is 1. The fourth-order valence-electron chi connectivity index (χ4n) is 2.55. The van der Waals surface area contributed by atoms with Gasteiger partial charge in [0.05, 0.1) is 25.7 Å². The first kappa shape index (κ1) is 20.4. The third kappa shape index (κ3) is 3.94. The van der Waals surface area contributed by atoms with E-state index in [1.54, 1.807) is 44.3 Å². The highest BCUT2D eigenvalue weighted by molar-refractivity contribution is 9.10. The summed E-state index contributed by atoms with van der Waals surface area (Å²) in [5, 5.41) is 19.6. The van der Waals surface area contributed by atoms with Gasteiger partial charge in [-0.15, -0.1) is 0 Å². The van der Waals surface area contributed by atoms with Crippen molar-refractivity contribution < 1.29 is 19.8 Å². The highest BCUT2D eigenvalue weighted by Gasteiger charge is 2.30. The molecule has 28 heavy (non-hydrogen) atoms. The summed E-state index contributed by atoms with van der Waals surface area (Å²) in [4.78, 5) is 30.2. The predicted octanol–water partition coefficient (Wildman–Crippen LogP) is 5.05. The topological polar surface area (TPSA) is 90.2 Å². The van der Waals surface area contributed by atoms with Gasteiger partial charge in [0.2, 0.25) is 0 Å². The van der Waals surface area contributed by atoms with E-state index in [1.165, 1.54) is 22.7 Å². The normalized spacial score (nSPS) is 17.0. The summed E-state index contributed by atoms with van der Waals surface area (Å²) in [7, 11) is 1.60. The number of hydrogen-bond donors (Lipinski definition) is 2. The molecule has 6 nitrogen and oxygen atoms in total. The molecule has 0 aromatic heterocycles. The van der Waals surface area contributed by atoms with E-state index in [9.17, 15) is 19.8 Å². The molecule has 0 spiro atoms. The van der Waals surface area contributed by atoms with Gasteiger partial charge in [0.25, 0.3) is 5.91 Å². The van der Waals surface area contributed by atoms with Crippen LogP contribution in [0, 0.1) is 6.92 Å². The maximum absolute atomic E-state index is 12.6. The van der Waals surface area contributed by atoms with Crippen LogP contribution >= 0.6 is 39.3 Å². The van der Waals surface area contributed by atoms with Crippen LogP contribution in [0.4, 0.5) is 5.69 Å². The average Bonchev–Trinajstić information content (AvgIpc) is 2.89. The fourth-order valence-corrected chi connectivity index (χ4v) is 4.35. The van der Waals surface area contributed by atoms with Crippen molar-refractivity contribution in [1.82, 2.24) is 4.90 Å². The van der Waals surface area contributed by atoms with E-state index in [1.807, 2.05) is 0 Å². The van der Waals surface area contributed by atoms with E-state index in [0.29, 0.717) is 31.4 Å². The number of benzene rings is 2. The average molecular weight is 482 g/mol. The summed E-state index contributed by atoms with van der Waals surface area (Å²) >= 11 is 10.4. The minimum Gasteiger partial charge on any atom is -0.505 e. The molecule has 1 aliphatic rings. The van der Waals surface area contributed by atoms with E-state index in [-0.39, 0.29) is 22.2 Å². The minimum atomic E-state index is -1.03. The van der Waals surface area contributed by atoms with Crippen LogP contribution in [0.25, 0.3) is 6.08 Å². The van der Waals surface area contributed by atoms with E-state index >= 15 is 0 Å². The molecule has 9 heteroatoms. The highest BCUT2D eigenvalue weighted by atomic mass is 79.9. The van der Waals surface area contributed by atoms with Crippen molar-refractivity contribution in [2.24, 2.45) is 4.99 Å². The van der Waals surface area contributed by atoms with Crippen molar-refractivity contribution in [3.63, 3.8) is 0 Å². The summed E-state index contributed by atoms with van der Waals surface area (Å²) in [5.41, 5.74) is 1.82. The second kappa shape index (κ2) is 7.98. The van der Waals surface area contributed by atoms with Crippen molar-refractivity contribution in [3.05, 3.63) is 61.4 Å². The molecule has 1 fully saturated rings. The molecule has 1 heterocycles. The number of amides is 1. The summed E-state index contributed by atoms with van der Waals surface area (Å²) in [5.74, 6) is -1.34. The van der Waals surface area contributed by atoms with E-state index in [2.05, 4.69) is 20.9 Å². The molecule has 0 atom stereocenters. The molecule has 0 bridgehead atoms. The predicted molar refractivity (Wildman–Crippen MR) is 114 cm³/mol. The number of rotatable bonds is 3. The van der Waals surface area contributed by atoms with Crippen molar-refractivity contribution in [3.8, 4) is 5.75 Å². The lowest BCUT2D eigenvalue weighted by Gasteiger charge is -2.09. The zero-order chi connectivity index (χ0) is 20.6. The number of carboxylic acid groups (broad SMARTS) is 1. The van der Waals surface area contributed by atoms with E-state index in [0.717, 1.165) is 0 Å². The van der Waals surface area contributed by atoms with E-state index in [4.69, 9.17) is 11.6 Å². The number of likely N-dealkylation sites (N-methyl/N-ethyl adjacent to an activating group) is 1. The first-order chi connectivity index (χ1) is 13.2. The Hall–Kier alpha value is -2.29. The van der Waals surface area contributed by atoms with Crippen LogP contribution in [-0.2, 0) is 4.79 Å². The molecule has 1 aliphatic heterocycles. The van der Waals surface area contributed by atoms with Crippen molar-refractivity contribution in [2.75, 3.05) is 7.05 Å². The largest absolute Gasteiger partial charge is 0.505 e. The van der Waals surface area contributed by atoms with Crippen molar-refractivity contribution in [2.45, 2.75) is 6.92 Å². The Morgan fingerprint density at radius 3 is 2.71 bits per heavy atom. The molecule has 1 saturated heterocycles. The molecule has 1 amide bonds. The maximum atomic E-state index is 12.6. The number of aromatic hydroxyl groups is 1. The number of carboxylic acids is 1. The number of hydrogen-bond acceptors (Lipinski definition) is 5. The van der Waals surface area contributed by atoms with Crippen LogP contribution < -0.4 is 0 Å². The Kier molecular flexibility index (Phi) is 5.83. The lowest BCUT2D eigenvalue weighted by molar-refractivity contribution is -0.121. The lowest BCUT2D eigenvalue weighted by atomic mass is 10.1. The van der Waals surface area contributed by atoms with Gasteiger partial charge in [0, 0.05) is 7.05 Å². The molecule has 2 aromatic rings. The van der Waals surface area contributed by atoms with Crippen molar-refractivity contribution >= 4 is 68.1 Å². The summed E-state index contributed by atoms with van der Waals surface area (Å²) < 4.78 is 0.422. The molecule has 0 aliphatic carbocycles. The number of halogens is 2. The van der Waals surface area contributed by atoms with Gasteiger partial charge in [-0.2, -0.15) is 0 Å². The lowest BCUT2D eigenvalue weighted by Crippen LogP contribution is -2.23. The molecule has 0 radical (unpaired) electrons. The van der Waals surface area contributed by atoms with Crippen LogP contribution in [0.1, 0.15) is 21.5 Å². The molecule has 2 N–H and O–H groups in total. The van der Waals surface area contributed by atoms with Crippen LogP contribution in [0.5, 0.6) is 5.75 Å². The molecule has 3 rings (SSSR count). The SMILES string of the molecule is Cc1c(N=C2S/C(=C\c3cc(Cl)c(O)c(Br)c3)C(=O)N2C)cccc1C(=O)O. The zero-order valence-corrected chi connectivity index (χ0v) is 17.9. The van der Waals surface area contributed by atoms with Crippen LogP contribution in [-0.4, -0.2) is 39.2 Å². The number of aliphatic imine (C=N–C) groups is 1. The van der Waals surface area contributed by atoms with Gasteiger partial charge < -0.3 is 10.2 Å². The van der Waals surface area contributed by atoms with Crippen LogP contribution in [0.3, 0.4) is 0 Å². The number of carbonyl (C=O) groups excluding carboxylic acids is 1. The Balaban J connectivity index is 1.97. The third-order valence-corrected chi connectivity index (χ3v) is 6.04. The number of carbonyl (C=O) groups is 2. The summed E-state index contributed by atoms with van der Waals surface area (Å²) in [6.45, 7) is 1.68. The van der Waals surface area contributed by atoms with E-state index < -0.39 is 5.97 Å². The molecule has 0 saturated carbocycles. The van der Waals surface area contributed by atoms with Gasteiger partial charge in [0.1, 0.15) is 5.75 Å². The van der Waals surface area contributed by atoms with Gasteiger partial charge >= 0.3 is 5.97 Å².